The molecule has 0 aliphatic carbocycles. The number of hydrogen-bond donors (Lipinski definition) is 1. The van der Waals surface area contributed by atoms with Crippen LogP contribution in [0.1, 0.15) is 16.7 Å². The summed E-state index contributed by atoms with van der Waals surface area (Å²) in [6, 6.07) is 9.61. The van der Waals surface area contributed by atoms with Crippen LogP contribution in [0, 0.1) is 6.92 Å². The second kappa shape index (κ2) is 7.37. The minimum atomic E-state index is -4.94. The number of hydrogen-bond acceptors (Lipinski definition) is 3. The summed E-state index contributed by atoms with van der Waals surface area (Å²) in [5.41, 5.74) is -2.92. The van der Waals surface area contributed by atoms with Gasteiger partial charge in [0.05, 0.1) is 19.1 Å². The van der Waals surface area contributed by atoms with Crippen LogP contribution in [0.3, 0.4) is 0 Å². The molecule has 2 aromatic rings. The van der Waals surface area contributed by atoms with Crippen LogP contribution in [0.15, 0.2) is 47.5 Å². The number of nitrogens with zero attached hydrogens (tertiary/aromatic N) is 2. The predicted molar refractivity (Wildman–Crippen MR) is 95.1 cm³/mol. The Hall–Kier alpha value is -2.54. The van der Waals surface area contributed by atoms with Crippen molar-refractivity contribution in [2.45, 2.75) is 18.7 Å². The minimum Gasteiger partial charge on any atom is -0.496 e. The van der Waals surface area contributed by atoms with Gasteiger partial charge in [0.1, 0.15) is 5.75 Å². The third kappa shape index (κ3) is 3.67. The van der Waals surface area contributed by atoms with Crippen molar-refractivity contribution < 1.29 is 23.0 Å². The zero-order valence-electron chi connectivity index (χ0n) is 15.0. The van der Waals surface area contributed by atoms with Crippen molar-refractivity contribution >= 4 is 12.0 Å². The van der Waals surface area contributed by atoms with Gasteiger partial charge in [0, 0.05) is 25.7 Å². The molecular weight excluding hydrogens is 345 g/mol. The molecule has 1 atom stereocenters. The average Bonchev–Trinajstić information content (AvgIpc) is 2.59. The third-order valence-electron chi connectivity index (χ3n) is 3.94. The summed E-state index contributed by atoms with van der Waals surface area (Å²) >= 11 is 0. The summed E-state index contributed by atoms with van der Waals surface area (Å²) in [5, 5.41) is 10.8. The number of ether oxygens (including phenoxy) is 1. The van der Waals surface area contributed by atoms with E-state index < -0.39 is 11.8 Å². The van der Waals surface area contributed by atoms with E-state index in [1.165, 1.54) is 49.8 Å². The lowest BCUT2D eigenvalue weighted by Crippen LogP contribution is -2.43. The van der Waals surface area contributed by atoms with Crippen molar-refractivity contribution in [2.24, 2.45) is 4.99 Å². The minimum absolute atomic E-state index is 0.0924. The first kappa shape index (κ1) is 19.8. The van der Waals surface area contributed by atoms with Crippen LogP contribution in [-0.2, 0) is 5.60 Å². The molecule has 0 aliphatic rings. The molecule has 0 aromatic heterocycles. The van der Waals surface area contributed by atoms with E-state index in [4.69, 9.17) is 4.74 Å². The number of alkyl halides is 3. The molecular formula is C19H21F3N2O2. The lowest BCUT2D eigenvalue weighted by Gasteiger charge is -2.33. The molecule has 0 saturated carbocycles. The molecule has 26 heavy (non-hydrogen) atoms. The number of rotatable bonds is 5. The number of benzene rings is 2. The van der Waals surface area contributed by atoms with Gasteiger partial charge in [-0.3, -0.25) is 0 Å². The fourth-order valence-electron chi connectivity index (χ4n) is 2.60. The summed E-state index contributed by atoms with van der Waals surface area (Å²) in [6.07, 6.45) is -3.41. The van der Waals surface area contributed by atoms with Gasteiger partial charge in [-0.05, 0) is 24.1 Å². The lowest BCUT2D eigenvalue weighted by molar-refractivity contribution is -0.248. The molecule has 4 nitrogen and oxygen atoms in total. The van der Waals surface area contributed by atoms with E-state index in [2.05, 4.69) is 4.99 Å². The monoisotopic (exact) mass is 366 g/mol. The number of aryl methyl sites for hydroxylation is 1. The molecule has 0 saturated heterocycles. The number of methoxy groups -OCH3 is 1. The smallest absolute Gasteiger partial charge is 0.425 e. The lowest BCUT2D eigenvalue weighted by atomic mass is 9.84. The van der Waals surface area contributed by atoms with Gasteiger partial charge in [-0.15, -0.1) is 0 Å². The third-order valence-corrected chi connectivity index (χ3v) is 3.94. The Balaban J connectivity index is 2.72. The van der Waals surface area contributed by atoms with Crippen molar-refractivity contribution in [3.8, 4) is 5.75 Å². The summed E-state index contributed by atoms with van der Waals surface area (Å²) < 4.78 is 47.0. The van der Waals surface area contributed by atoms with Gasteiger partial charge in [-0.1, -0.05) is 30.3 Å². The highest BCUT2D eigenvalue weighted by molar-refractivity contribution is 5.65. The zero-order chi connectivity index (χ0) is 19.5. The standard InChI is InChI=1S/C19H21F3N2O2/c1-13-10-15(17(26-4)11-16(13)23-12-24(2)3)18(25,19(20,21)22)14-8-6-5-7-9-14/h5-12,25H,1-4H3. The van der Waals surface area contributed by atoms with E-state index in [-0.39, 0.29) is 16.9 Å². The quantitative estimate of drug-likeness (QED) is 0.642. The molecule has 140 valence electrons. The van der Waals surface area contributed by atoms with Gasteiger partial charge in [0.15, 0.2) is 0 Å². The van der Waals surface area contributed by atoms with E-state index in [1.807, 2.05) is 0 Å². The van der Waals surface area contributed by atoms with Crippen molar-refractivity contribution in [3.63, 3.8) is 0 Å². The van der Waals surface area contributed by atoms with Gasteiger partial charge in [-0.25, -0.2) is 4.99 Å². The van der Waals surface area contributed by atoms with E-state index in [9.17, 15) is 18.3 Å². The molecule has 0 bridgehead atoms. The molecule has 2 aromatic carbocycles. The van der Waals surface area contributed by atoms with Gasteiger partial charge in [0.2, 0.25) is 5.60 Å². The molecule has 1 N–H and O–H groups in total. The molecule has 0 spiro atoms. The van der Waals surface area contributed by atoms with Crippen molar-refractivity contribution in [1.82, 2.24) is 4.90 Å². The second-order valence-corrected chi connectivity index (χ2v) is 6.12. The van der Waals surface area contributed by atoms with Crippen LogP contribution >= 0.6 is 0 Å². The van der Waals surface area contributed by atoms with Crippen LogP contribution in [0.4, 0.5) is 18.9 Å². The second-order valence-electron chi connectivity index (χ2n) is 6.12. The van der Waals surface area contributed by atoms with Crippen molar-refractivity contribution in [1.29, 1.82) is 0 Å². The SMILES string of the molecule is COc1cc(N=CN(C)C)c(C)cc1C(O)(c1ccccc1)C(F)(F)F. The van der Waals surface area contributed by atoms with Gasteiger partial charge < -0.3 is 14.7 Å². The Labute approximate surface area is 150 Å². The topological polar surface area (TPSA) is 45.1 Å². The maximum Gasteiger partial charge on any atom is 0.425 e. The Bertz CT molecular complexity index is 789. The van der Waals surface area contributed by atoms with Gasteiger partial charge in [-0.2, -0.15) is 13.2 Å². The Morgan fingerprint density at radius 3 is 2.23 bits per heavy atom. The summed E-state index contributed by atoms with van der Waals surface area (Å²) in [4.78, 5) is 5.93. The van der Waals surface area contributed by atoms with E-state index >= 15 is 0 Å². The summed E-state index contributed by atoms with van der Waals surface area (Å²) in [6.45, 7) is 1.63. The first-order valence-corrected chi connectivity index (χ1v) is 7.85. The molecule has 0 amide bonds. The molecule has 2 rings (SSSR count). The highest BCUT2D eigenvalue weighted by atomic mass is 19.4. The van der Waals surface area contributed by atoms with E-state index in [0.717, 1.165) is 0 Å². The van der Waals surface area contributed by atoms with Crippen molar-refractivity contribution in [3.05, 3.63) is 59.2 Å². The van der Waals surface area contributed by atoms with E-state index in [1.54, 1.807) is 32.0 Å². The highest BCUT2D eigenvalue weighted by Crippen LogP contribution is 2.48. The number of halogens is 3. The maximum absolute atomic E-state index is 13.9. The molecule has 0 aliphatic heterocycles. The van der Waals surface area contributed by atoms with Crippen LogP contribution in [-0.4, -0.2) is 43.7 Å². The predicted octanol–water partition coefficient (Wildman–Crippen LogP) is 4.02. The van der Waals surface area contributed by atoms with Crippen LogP contribution in [0.25, 0.3) is 0 Å². The molecule has 0 radical (unpaired) electrons. The Morgan fingerprint density at radius 2 is 1.73 bits per heavy atom. The Morgan fingerprint density at radius 1 is 1.12 bits per heavy atom. The first-order valence-electron chi connectivity index (χ1n) is 7.85. The fourth-order valence-corrected chi connectivity index (χ4v) is 2.60. The average molecular weight is 366 g/mol. The maximum atomic E-state index is 13.9. The highest BCUT2D eigenvalue weighted by Gasteiger charge is 2.57. The van der Waals surface area contributed by atoms with Crippen LogP contribution < -0.4 is 4.74 Å². The zero-order valence-corrected chi connectivity index (χ0v) is 15.0. The van der Waals surface area contributed by atoms with E-state index in [0.29, 0.717) is 11.3 Å². The summed E-state index contributed by atoms with van der Waals surface area (Å²) in [7, 11) is 4.82. The summed E-state index contributed by atoms with van der Waals surface area (Å²) in [5.74, 6) is -0.0924. The number of aliphatic imine (C=N–C) groups is 1. The number of aliphatic hydroxyl groups is 1. The fraction of sp³-hybridized carbons (Fsp3) is 0.316. The van der Waals surface area contributed by atoms with Gasteiger partial charge in [0.25, 0.3) is 0 Å². The van der Waals surface area contributed by atoms with Crippen molar-refractivity contribution in [2.75, 3.05) is 21.2 Å². The van der Waals surface area contributed by atoms with Gasteiger partial charge >= 0.3 is 6.18 Å². The van der Waals surface area contributed by atoms with Crippen LogP contribution in [0.5, 0.6) is 5.75 Å². The molecule has 1 unspecified atom stereocenters. The normalized spacial score (nSPS) is 14.3. The Kier molecular flexibility index (Phi) is 5.61. The largest absolute Gasteiger partial charge is 0.496 e. The molecule has 0 heterocycles. The molecule has 0 fully saturated rings. The first-order chi connectivity index (χ1) is 12.1. The molecule has 7 heteroatoms. The van der Waals surface area contributed by atoms with Crippen LogP contribution in [0.2, 0.25) is 0 Å².